The quantitative estimate of drug-likeness (QED) is 0.694. The largest absolute Gasteiger partial charge is 0.497 e. The molecule has 3 rings (SSSR count). The topological polar surface area (TPSA) is 96.0 Å². The molecule has 1 heterocycles. The Balaban J connectivity index is 1.51. The van der Waals surface area contributed by atoms with Crippen molar-refractivity contribution in [2.24, 2.45) is 0 Å². The number of rotatable bonds is 6. The number of amides is 2. The second-order valence-corrected chi connectivity index (χ2v) is 10.9. The molecular formula is C24H31N3O5S. The van der Waals surface area contributed by atoms with Gasteiger partial charge in [0, 0.05) is 31.7 Å². The average Bonchev–Trinajstić information content (AvgIpc) is 2.82. The molecule has 2 amide bonds. The number of ether oxygens (including phenoxy) is 1. The molecule has 1 aliphatic heterocycles. The van der Waals surface area contributed by atoms with Crippen LogP contribution in [0.25, 0.3) is 0 Å². The number of hydrogen-bond acceptors (Lipinski definition) is 5. The molecule has 2 aromatic carbocycles. The summed E-state index contributed by atoms with van der Waals surface area (Å²) in [7, 11) is -2.12. The number of nitrogens with zero attached hydrogens (tertiary/aromatic N) is 2. The fraction of sp³-hybridized carbons (Fsp3) is 0.417. The van der Waals surface area contributed by atoms with Crippen LogP contribution >= 0.6 is 0 Å². The Morgan fingerprint density at radius 3 is 2.03 bits per heavy atom. The molecule has 8 nitrogen and oxygen atoms in total. The van der Waals surface area contributed by atoms with Gasteiger partial charge in [-0.25, -0.2) is 8.42 Å². The van der Waals surface area contributed by atoms with Gasteiger partial charge in [-0.1, -0.05) is 32.9 Å². The first-order chi connectivity index (χ1) is 15.5. The highest BCUT2D eigenvalue weighted by atomic mass is 32.2. The summed E-state index contributed by atoms with van der Waals surface area (Å²) in [6.07, 6.45) is 0. The van der Waals surface area contributed by atoms with E-state index in [-0.39, 0.29) is 54.8 Å². The van der Waals surface area contributed by atoms with E-state index in [0.29, 0.717) is 11.3 Å². The summed E-state index contributed by atoms with van der Waals surface area (Å²) in [4.78, 5) is 26.7. The molecule has 1 N–H and O–H groups in total. The van der Waals surface area contributed by atoms with Crippen molar-refractivity contribution < 1.29 is 22.7 Å². The second-order valence-electron chi connectivity index (χ2n) is 8.97. The van der Waals surface area contributed by atoms with Gasteiger partial charge in [0.1, 0.15) is 5.75 Å². The molecule has 0 bridgehead atoms. The first-order valence-electron chi connectivity index (χ1n) is 10.8. The van der Waals surface area contributed by atoms with Crippen LogP contribution < -0.4 is 10.1 Å². The minimum atomic E-state index is -3.64. The zero-order valence-electron chi connectivity index (χ0n) is 19.5. The number of piperazine rings is 1. The highest BCUT2D eigenvalue weighted by molar-refractivity contribution is 7.89. The average molecular weight is 474 g/mol. The molecule has 0 aromatic heterocycles. The molecule has 178 valence electrons. The summed E-state index contributed by atoms with van der Waals surface area (Å²) < 4.78 is 32.1. The van der Waals surface area contributed by atoms with Crippen LogP contribution in [-0.4, -0.2) is 69.3 Å². The van der Waals surface area contributed by atoms with Crippen LogP contribution in [0.4, 0.5) is 0 Å². The van der Waals surface area contributed by atoms with E-state index >= 15 is 0 Å². The first kappa shape index (κ1) is 24.7. The van der Waals surface area contributed by atoms with E-state index in [1.807, 2.05) is 12.1 Å². The predicted molar refractivity (Wildman–Crippen MR) is 126 cm³/mol. The lowest BCUT2D eigenvalue weighted by atomic mass is 9.87. The Bertz CT molecular complexity index is 1080. The number of carbonyl (C=O) groups excluding carboxylic acids is 2. The lowest BCUT2D eigenvalue weighted by Gasteiger charge is -2.34. The molecule has 0 radical (unpaired) electrons. The fourth-order valence-corrected chi connectivity index (χ4v) is 4.99. The van der Waals surface area contributed by atoms with E-state index in [1.54, 1.807) is 29.2 Å². The maximum atomic E-state index is 12.8. The lowest BCUT2D eigenvalue weighted by molar-refractivity contribution is -0.131. The Hall–Kier alpha value is -2.91. The smallest absolute Gasteiger partial charge is 0.251 e. The summed E-state index contributed by atoms with van der Waals surface area (Å²) in [5.41, 5.74) is 1.61. The van der Waals surface area contributed by atoms with Crippen molar-refractivity contribution >= 4 is 21.8 Å². The highest BCUT2D eigenvalue weighted by Gasteiger charge is 2.30. The molecule has 0 atom stereocenters. The van der Waals surface area contributed by atoms with Crippen molar-refractivity contribution in [3.8, 4) is 5.75 Å². The van der Waals surface area contributed by atoms with E-state index in [9.17, 15) is 18.0 Å². The predicted octanol–water partition coefficient (Wildman–Crippen LogP) is 2.26. The van der Waals surface area contributed by atoms with E-state index < -0.39 is 10.0 Å². The van der Waals surface area contributed by atoms with Crippen molar-refractivity contribution in [3.05, 3.63) is 59.7 Å². The summed E-state index contributed by atoms with van der Waals surface area (Å²) in [6.45, 7) is 7.10. The summed E-state index contributed by atoms with van der Waals surface area (Å²) in [5, 5.41) is 2.66. The van der Waals surface area contributed by atoms with Gasteiger partial charge in [0.25, 0.3) is 5.91 Å². The Kier molecular flexibility index (Phi) is 7.44. The monoisotopic (exact) mass is 473 g/mol. The summed E-state index contributed by atoms with van der Waals surface area (Å²) >= 11 is 0. The third-order valence-corrected chi connectivity index (χ3v) is 7.61. The van der Waals surface area contributed by atoms with Crippen LogP contribution in [0.15, 0.2) is 53.4 Å². The molecule has 0 spiro atoms. The molecule has 33 heavy (non-hydrogen) atoms. The number of nitrogens with one attached hydrogen (secondary N) is 1. The SMILES string of the molecule is COc1ccc(S(=O)(=O)N2CCN(C(=O)CNC(=O)c3ccc(C(C)(C)C)cc3)CC2)cc1. The highest BCUT2D eigenvalue weighted by Crippen LogP contribution is 2.22. The van der Waals surface area contributed by atoms with Crippen LogP contribution in [-0.2, 0) is 20.2 Å². The normalized spacial score (nSPS) is 15.2. The van der Waals surface area contributed by atoms with E-state index in [0.717, 1.165) is 5.56 Å². The molecule has 0 aliphatic carbocycles. The molecule has 0 unspecified atom stereocenters. The van der Waals surface area contributed by atoms with Crippen LogP contribution in [0.1, 0.15) is 36.7 Å². The van der Waals surface area contributed by atoms with Gasteiger partial charge in [-0.15, -0.1) is 0 Å². The Morgan fingerprint density at radius 1 is 0.939 bits per heavy atom. The van der Waals surface area contributed by atoms with Crippen LogP contribution in [0, 0.1) is 0 Å². The summed E-state index contributed by atoms with van der Waals surface area (Å²) in [6, 6.07) is 13.6. The van der Waals surface area contributed by atoms with Crippen molar-refractivity contribution in [1.29, 1.82) is 0 Å². The first-order valence-corrected chi connectivity index (χ1v) is 12.3. The molecule has 1 saturated heterocycles. The summed E-state index contributed by atoms with van der Waals surface area (Å²) in [5.74, 6) is 0.0252. The van der Waals surface area contributed by atoms with Crippen molar-refractivity contribution in [3.63, 3.8) is 0 Å². The van der Waals surface area contributed by atoms with E-state index in [4.69, 9.17) is 4.74 Å². The minimum Gasteiger partial charge on any atom is -0.497 e. The molecule has 2 aromatic rings. The number of methoxy groups -OCH3 is 1. The maximum Gasteiger partial charge on any atom is 0.251 e. The second kappa shape index (κ2) is 9.93. The van der Waals surface area contributed by atoms with Crippen LogP contribution in [0.2, 0.25) is 0 Å². The van der Waals surface area contributed by atoms with Gasteiger partial charge in [-0.2, -0.15) is 4.31 Å². The van der Waals surface area contributed by atoms with Crippen molar-refractivity contribution in [2.45, 2.75) is 31.1 Å². The zero-order valence-corrected chi connectivity index (χ0v) is 20.3. The van der Waals surface area contributed by atoms with Gasteiger partial charge in [0.05, 0.1) is 18.6 Å². The third-order valence-electron chi connectivity index (χ3n) is 5.70. The third kappa shape index (κ3) is 5.91. The molecule has 0 saturated carbocycles. The zero-order chi connectivity index (χ0) is 24.2. The van der Waals surface area contributed by atoms with Gasteiger partial charge in [0.2, 0.25) is 15.9 Å². The lowest BCUT2D eigenvalue weighted by Crippen LogP contribution is -2.52. The van der Waals surface area contributed by atoms with Gasteiger partial charge in [-0.3, -0.25) is 9.59 Å². The Morgan fingerprint density at radius 2 is 1.52 bits per heavy atom. The maximum absolute atomic E-state index is 12.8. The molecular weight excluding hydrogens is 442 g/mol. The van der Waals surface area contributed by atoms with E-state index in [2.05, 4.69) is 26.1 Å². The molecule has 9 heteroatoms. The Labute approximate surface area is 195 Å². The van der Waals surface area contributed by atoms with Crippen molar-refractivity contribution in [2.75, 3.05) is 39.8 Å². The number of carbonyl (C=O) groups is 2. The molecule has 1 fully saturated rings. The van der Waals surface area contributed by atoms with Gasteiger partial charge in [-0.05, 0) is 47.4 Å². The number of benzene rings is 2. The fourth-order valence-electron chi connectivity index (χ4n) is 3.57. The van der Waals surface area contributed by atoms with Crippen LogP contribution in [0.5, 0.6) is 5.75 Å². The number of sulfonamides is 1. The van der Waals surface area contributed by atoms with Crippen molar-refractivity contribution in [1.82, 2.24) is 14.5 Å². The van der Waals surface area contributed by atoms with Crippen LogP contribution in [0.3, 0.4) is 0 Å². The van der Waals surface area contributed by atoms with E-state index in [1.165, 1.54) is 23.5 Å². The van der Waals surface area contributed by atoms with Gasteiger partial charge >= 0.3 is 0 Å². The standard InChI is InChI=1S/C24H31N3O5S/c1-24(2,3)19-7-5-18(6-8-19)23(29)25-17-22(28)26-13-15-27(16-14-26)33(30,31)21-11-9-20(32-4)10-12-21/h5-12H,13-17H2,1-4H3,(H,25,29). The van der Waals surface area contributed by atoms with Gasteiger partial charge < -0.3 is 15.0 Å². The minimum absolute atomic E-state index is 0.00598. The number of hydrogen-bond donors (Lipinski definition) is 1. The molecule has 1 aliphatic rings. The van der Waals surface area contributed by atoms with Gasteiger partial charge in [0.15, 0.2) is 0 Å².